The first-order chi connectivity index (χ1) is 9.27. The number of amides is 1. The molecule has 0 saturated heterocycles. The molecule has 1 aromatic carbocycles. The molecule has 8 heteroatoms. The monoisotopic (exact) mass is 348 g/mol. The molecule has 0 spiro atoms. The van der Waals surface area contributed by atoms with Gasteiger partial charge in [-0.25, -0.2) is 0 Å². The van der Waals surface area contributed by atoms with E-state index >= 15 is 0 Å². The number of alkyl halides is 3. The molecule has 1 aromatic heterocycles. The van der Waals surface area contributed by atoms with Crippen molar-refractivity contribution < 1.29 is 22.5 Å². The average Bonchev–Trinajstić information content (AvgIpc) is 2.77. The van der Waals surface area contributed by atoms with E-state index in [-0.39, 0.29) is 15.9 Å². The van der Waals surface area contributed by atoms with Crippen molar-refractivity contribution in [3.05, 3.63) is 45.8 Å². The molecule has 0 aliphatic heterocycles. The Bertz CT molecular complexity index is 652. The minimum atomic E-state index is -4.51. The number of hydrogen-bond donors (Lipinski definition) is 1. The van der Waals surface area contributed by atoms with Crippen LogP contribution in [0.25, 0.3) is 0 Å². The predicted octanol–water partition coefficient (Wildman–Crippen LogP) is 4.02. The molecule has 0 unspecified atom stereocenters. The van der Waals surface area contributed by atoms with Crippen LogP contribution >= 0.6 is 15.9 Å². The molecular formula is C12H8BrF3N2O2. The summed E-state index contributed by atoms with van der Waals surface area (Å²) in [4.78, 5) is 11.7. The van der Waals surface area contributed by atoms with Crippen LogP contribution in [0.15, 0.2) is 33.3 Å². The van der Waals surface area contributed by atoms with E-state index in [1.807, 2.05) is 0 Å². The number of benzene rings is 1. The Kier molecular flexibility index (Phi) is 3.85. The van der Waals surface area contributed by atoms with E-state index in [9.17, 15) is 18.0 Å². The van der Waals surface area contributed by atoms with Gasteiger partial charge in [0.15, 0.2) is 0 Å². The maximum absolute atomic E-state index is 12.7. The third-order valence-electron chi connectivity index (χ3n) is 2.38. The van der Waals surface area contributed by atoms with Crippen LogP contribution in [0.4, 0.5) is 18.9 Å². The normalized spacial score (nSPS) is 11.4. The highest BCUT2D eigenvalue weighted by atomic mass is 79.9. The molecule has 20 heavy (non-hydrogen) atoms. The summed E-state index contributed by atoms with van der Waals surface area (Å²) in [5.41, 5.74) is -0.356. The molecule has 0 aliphatic rings. The van der Waals surface area contributed by atoms with E-state index in [0.717, 1.165) is 6.07 Å². The fourth-order valence-corrected chi connectivity index (χ4v) is 1.95. The molecule has 0 radical (unpaired) electrons. The van der Waals surface area contributed by atoms with Gasteiger partial charge in [0.05, 0.1) is 11.3 Å². The van der Waals surface area contributed by atoms with E-state index in [0.29, 0.717) is 5.69 Å². The number of aromatic nitrogens is 1. The molecule has 1 amide bonds. The number of carbonyl (C=O) groups excluding carboxylic acids is 1. The van der Waals surface area contributed by atoms with Gasteiger partial charge in [-0.15, -0.1) is 0 Å². The van der Waals surface area contributed by atoms with E-state index in [4.69, 9.17) is 4.52 Å². The van der Waals surface area contributed by atoms with Crippen molar-refractivity contribution in [2.75, 3.05) is 5.32 Å². The number of hydrogen-bond acceptors (Lipinski definition) is 3. The van der Waals surface area contributed by atoms with Gasteiger partial charge in [0, 0.05) is 16.2 Å². The Morgan fingerprint density at radius 1 is 1.35 bits per heavy atom. The van der Waals surface area contributed by atoms with Gasteiger partial charge in [-0.2, -0.15) is 13.2 Å². The summed E-state index contributed by atoms with van der Waals surface area (Å²) in [6, 6.07) is 4.79. The van der Waals surface area contributed by atoms with E-state index in [1.165, 1.54) is 18.2 Å². The zero-order valence-electron chi connectivity index (χ0n) is 10.1. The molecule has 2 rings (SSSR count). The number of anilines is 1. The van der Waals surface area contributed by atoms with Crippen molar-refractivity contribution in [3.8, 4) is 0 Å². The smallest absolute Gasteiger partial charge is 0.351 e. The minimum absolute atomic E-state index is 0.0135. The number of nitrogens with zero attached hydrogens (tertiary/aromatic N) is 1. The number of rotatable bonds is 2. The lowest BCUT2D eigenvalue weighted by Gasteiger charge is -2.11. The molecule has 0 saturated carbocycles. The first-order valence-corrected chi connectivity index (χ1v) is 6.18. The standard InChI is InChI=1S/C12H8BrF3N2O2/c1-6-4-10(20-18-6)11(19)17-7-2-3-9(13)8(5-7)12(14,15)16/h2-5H,1H3,(H,17,19). The molecule has 0 atom stereocenters. The topological polar surface area (TPSA) is 55.1 Å². The first kappa shape index (κ1) is 14.6. The first-order valence-electron chi connectivity index (χ1n) is 5.39. The highest BCUT2D eigenvalue weighted by Gasteiger charge is 2.33. The summed E-state index contributed by atoms with van der Waals surface area (Å²) in [6.45, 7) is 1.63. The number of nitrogens with one attached hydrogen (secondary N) is 1. The molecule has 0 fully saturated rings. The number of carbonyl (C=O) groups is 1. The van der Waals surface area contributed by atoms with E-state index in [1.54, 1.807) is 6.92 Å². The lowest BCUT2D eigenvalue weighted by molar-refractivity contribution is -0.138. The van der Waals surface area contributed by atoms with Gasteiger partial charge in [-0.05, 0) is 25.1 Å². The molecule has 0 aliphatic carbocycles. The molecule has 1 N–H and O–H groups in total. The summed E-state index contributed by atoms with van der Waals surface area (Å²) < 4.78 is 42.8. The molecule has 106 valence electrons. The van der Waals surface area contributed by atoms with Crippen molar-refractivity contribution in [3.63, 3.8) is 0 Å². The van der Waals surface area contributed by atoms with Gasteiger partial charge in [-0.3, -0.25) is 4.79 Å². The number of halogens is 4. The third-order valence-corrected chi connectivity index (χ3v) is 3.07. The van der Waals surface area contributed by atoms with Crippen molar-refractivity contribution >= 4 is 27.5 Å². The van der Waals surface area contributed by atoms with E-state index < -0.39 is 17.6 Å². The highest BCUT2D eigenvalue weighted by molar-refractivity contribution is 9.10. The summed E-state index contributed by atoms with van der Waals surface area (Å²) in [7, 11) is 0. The van der Waals surface area contributed by atoms with E-state index in [2.05, 4.69) is 26.4 Å². The second kappa shape index (κ2) is 5.28. The minimum Gasteiger partial charge on any atom is -0.351 e. The van der Waals surface area contributed by atoms with Crippen LogP contribution < -0.4 is 5.32 Å². The zero-order valence-corrected chi connectivity index (χ0v) is 11.7. The van der Waals surface area contributed by atoms with Gasteiger partial charge < -0.3 is 9.84 Å². The second-order valence-corrected chi connectivity index (χ2v) is 4.83. The number of aryl methyl sites for hydroxylation is 1. The Labute approximate surface area is 120 Å². The largest absolute Gasteiger partial charge is 0.417 e. The fraction of sp³-hybridized carbons (Fsp3) is 0.167. The third kappa shape index (κ3) is 3.19. The Morgan fingerprint density at radius 2 is 2.05 bits per heavy atom. The Morgan fingerprint density at radius 3 is 2.60 bits per heavy atom. The van der Waals surface area contributed by atoms with Crippen molar-refractivity contribution in [2.24, 2.45) is 0 Å². The summed E-state index contributed by atoms with van der Waals surface area (Å²) in [5.74, 6) is -0.736. The quantitative estimate of drug-likeness (QED) is 0.891. The van der Waals surface area contributed by atoms with Crippen LogP contribution in [0.1, 0.15) is 21.8 Å². The zero-order chi connectivity index (χ0) is 14.9. The van der Waals surface area contributed by atoms with Gasteiger partial charge in [0.2, 0.25) is 5.76 Å². The van der Waals surface area contributed by atoms with Crippen LogP contribution in [0, 0.1) is 6.92 Å². The Balaban J connectivity index is 2.24. The van der Waals surface area contributed by atoms with Gasteiger partial charge >= 0.3 is 6.18 Å². The van der Waals surface area contributed by atoms with Crippen LogP contribution in [0.3, 0.4) is 0 Å². The predicted molar refractivity (Wildman–Crippen MR) is 68.3 cm³/mol. The second-order valence-electron chi connectivity index (χ2n) is 3.98. The van der Waals surface area contributed by atoms with Crippen LogP contribution in [-0.4, -0.2) is 11.1 Å². The highest BCUT2D eigenvalue weighted by Crippen LogP contribution is 2.36. The molecule has 4 nitrogen and oxygen atoms in total. The maximum atomic E-state index is 12.7. The molecule has 2 aromatic rings. The summed E-state index contributed by atoms with van der Waals surface area (Å²) in [6.07, 6.45) is -4.51. The SMILES string of the molecule is Cc1cc(C(=O)Nc2ccc(Br)c(C(F)(F)F)c2)on1. The Hall–Kier alpha value is -1.83. The molecule has 0 bridgehead atoms. The summed E-state index contributed by atoms with van der Waals surface area (Å²) >= 11 is 2.82. The van der Waals surface area contributed by atoms with Gasteiger partial charge in [-0.1, -0.05) is 21.1 Å². The lowest BCUT2D eigenvalue weighted by atomic mass is 10.2. The van der Waals surface area contributed by atoms with Crippen LogP contribution in [0.2, 0.25) is 0 Å². The van der Waals surface area contributed by atoms with Crippen molar-refractivity contribution in [2.45, 2.75) is 13.1 Å². The van der Waals surface area contributed by atoms with Crippen molar-refractivity contribution in [1.82, 2.24) is 5.16 Å². The van der Waals surface area contributed by atoms with Gasteiger partial charge in [0.25, 0.3) is 5.91 Å². The fourth-order valence-electron chi connectivity index (χ4n) is 1.48. The average molecular weight is 349 g/mol. The van der Waals surface area contributed by atoms with Crippen LogP contribution in [0.5, 0.6) is 0 Å². The van der Waals surface area contributed by atoms with Gasteiger partial charge in [0.1, 0.15) is 0 Å². The lowest BCUT2D eigenvalue weighted by Crippen LogP contribution is -2.13. The summed E-state index contributed by atoms with van der Waals surface area (Å²) in [5, 5.41) is 5.84. The molecular weight excluding hydrogens is 341 g/mol. The molecule has 1 heterocycles. The maximum Gasteiger partial charge on any atom is 0.417 e. The van der Waals surface area contributed by atoms with Crippen LogP contribution in [-0.2, 0) is 6.18 Å². The van der Waals surface area contributed by atoms with Crippen molar-refractivity contribution in [1.29, 1.82) is 0 Å².